The Balaban J connectivity index is 0.000000257. The lowest BCUT2D eigenvalue weighted by Crippen LogP contribution is -2.74. The highest BCUT2D eigenvalue weighted by Gasteiger charge is 2.30. The van der Waals surface area contributed by atoms with E-state index >= 15 is 0 Å². The summed E-state index contributed by atoms with van der Waals surface area (Å²) in [5, 5.41) is 1.52. The smallest absolute Gasteiger partial charge is 0.108 e. The van der Waals surface area contributed by atoms with Gasteiger partial charge in [-0.05, 0) is 12.1 Å². The van der Waals surface area contributed by atoms with Gasteiger partial charge in [0, 0.05) is 7.92 Å². The van der Waals surface area contributed by atoms with Gasteiger partial charge >= 0.3 is 0 Å². The molecule has 168 valence electrons. The summed E-state index contributed by atoms with van der Waals surface area (Å²) in [5.74, 6) is 0. The quantitative estimate of drug-likeness (QED) is 0.261. The van der Waals surface area contributed by atoms with Gasteiger partial charge < -0.3 is 0 Å². The molecule has 5 aromatic rings. The third kappa shape index (κ3) is 5.22. The van der Waals surface area contributed by atoms with Crippen LogP contribution in [0, 0.1) is 0 Å². The summed E-state index contributed by atoms with van der Waals surface area (Å²) < 4.78 is 0. The van der Waals surface area contributed by atoms with Crippen LogP contribution in [0.5, 0.6) is 0 Å². The lowest BCUT2D eigenvalue weighted by molar-refractivity contribution is 1.66. The van der Waals surface area contributed by atoms with Crippen molar-refractivity contribution < 1.29 is 0 Å². The Morgan fingerprint density at radius 3 is 0.794 bits per heavy atom. The number of benzene rings is 5. The third-order valence-electron chi connectivity index (χ3n) is 6.55. The highest BCUT2D eigenvalue weighted by molar-refractivity contribution is 7.64. The molecule has 0 radical (unpaired) electrons. The standard InChI is InChI=1S/C24H20B.C8H11P/c1-5-13-21(14-6-1)25(22-15-7-2-8-16-22,23-17-9-3-10-18-23)24-19-11-4-12-20-24;1-9(2)8-6-4-3-5-7-8/h1-20H;3-7H,1-2H3/q-1;/p+1. The average Bonchev–Trinajstić information content (AvgIpc) is 2.93. The van der Waals surface area contributed by atoms with Gasteiger partial charge in [-0.3, -0.25) is 0 Å². The van der Waals surface area contributed by atoms with Gasteiger partial charge in [-0.15, -0.1) is 0 Å². The lowest BCUT2D eigenvalue weighted by Gasteiger charge is -2.44. The van der Waals surface area contributed by atoms with Crippen molar-refractivity contribution >= 4 is 41.2 Å². The van der Waals surface area contributed by atoms with Crippen LogP contribution in [0.2, 0.25) is 0 Å². The summed E-state index contributed by atoms with van der Waals surface area (Å²) in [6, 6.07) is 54.2. The molecule has 0 nitrogen and oxygen atoms in total. The minimum Gasteiger partial charge on any atom is -0.195 e. The molecule has 0 aliphatic rings. The minimum atomic E-state index is -1.22. The first-order valence-corrected chi connectivity index (χ1v) is 14.5. The van der Waals surface area contributed by atoms with Crippen LogP contribution in [-0.2, 0) is 0 Å². The molecule has 5 aromatic carbocycles. The predicted molar refractivity (Wildman–Crippen MR) is 156 cm³/mol. The molecule has 0 saturated carbocycles. The molecule has 0 aromatic heterocycles. The van der Waals surface area contributed by atoms with Gasteiger partial charge in [-0.1, -0.05) is 140 Å². The Kier molecular flexibility index (Phi) is 8.13. The van der Waals surface area contributed by atoms with Gasteiger partial charge in [-0.25, -0.2) is 0 Å². The maximum absolute atomic E-state index is 2.31. The zero-order valence-electron chi connectivity index (χ0n) is 20.0. The third-order valence-corrected chi connectivity index (χ3v) is 8.04. The van der Waals surface area contributed by atoms with Gasteiger partial charge in [-0.2, -0.15) is 21.9 Å². The second-order valence-corrected chi connectivity index (χ2v) is 11.5. The summed E-state index contributed by atoms with van der Waals surface area (Å²) in [6.45, 7) is 4.61. The maximum Gasteiger partial charge on any atom is 0.108 e. The molecule has 0 N–H and O–H groups in total. The Morgan fingerprint density at radius 2 is 0.588 bits per heavy atom. The van der Waals surface area contributed by atoms with Crippen molar-refractivity contribution in [3.63, 3.8) is 0 Å². The molecule has 0 spiro atoms. The highest BCUT2D eigenvalue weighted by Crippen LogP contribution is 2.22. The van der Waals surface area contributed by atoms with Crippen LogP contribution in [0.1, 0.15) is 0 Å². The first-order chi connectivity index (χ1) is 16.7. The van der Waals surface area contributed by atoms with Crippen molar-refractivity contribution in [2.75, 3.05) is 13.3 Å². The fourth-order valence-electron chi connectivity index (χ4n) is 4.89. The van der Waals surface area contributed by atoms with Crippen molar-refractivity contribution in [3.8, 4) is 0 Å². The van der Waals surface area contributed by atoms with Crippen LogP contribution < -0.4 is 27.2 Å². The van der Waals surface area contributed by atoms with Crippen molar-refractivity contribution in [3.05, 3.63) is 152 Å². The normalized spacial score (nSPS) is 10.9. The van der Waals surface area contributed by atoms with E-state index in [1.807, 2.05) is 0 Å². The Hall–Kier alpha value is -3.41. The van der Waals surface area contributed by atoms with Gasteiger partial charge in [0.2, 0.25) is 0 Å². The highest BCUT2D eigenvalue weighted by atomic mass is 31.1. The van der Waals surface area contributed by atoms with E-state index in [-0.39, 0.29) is 7.92 Å². The molecule has 0 atom stereocenters. The molecule has 0 saturated heterocycles. The van der Waals surface area contributed by atoms with Gasteiger partial charge in [0.05, 0.1) is 18.6 Å². The molecule has 34 heavy (non-hydrogen) atoms. The van der Waals surface area contributed by atoms with E-state index in [1.54, 1.807) is 0 Å². The summed E-state index contributed by atoms with van der Waals surface area (Å²) in [6.07, 6.45) is -1.22. The second kappa shape index (κ2) is 11.6. The second-order valence-electron chi connectivity index (χ2n) is 8.87. The monoisotopic (exact) mass is 458 g/mol. The van der Waals surface area contributed by atoms with E-state index < -0.39 is 6.15 Å². The molecule has 0 unspecified atom stereocenters. The van der Waals surface area contributed by atoms with Crippen LogP contribution in [0.4, 0.5) is 0 Å². The lowest BCUT2D eigenvalue weighted by atomic mass is 9.13. The fourth-order valence-corrected chi connectivity index (χ4v) is 5.75. The number of hydrogen-bond acceptors (Lipinski definition) is 0. The first-order valence-electron chi connectivity index (χ1n) is 12.0. The van der Waals surface area contributed by atoms with Crippen molar-refractivity contribution in [1.29, 1.82) is 0 Å². The number of hydrogen-bond donors (Lipinski definition) is 0. The molecule has 0 heterocycles. The molecule has 5 rings (SSSR count). The van der Waals surface area contributed by atoms with E-state index in [0.29, 0.717) is 0 Å². The van der Waals surface area contributed by atoms with E-state index in [2.05, 4.69) is 165 Å². The predicted octanol–water partition coefficient (Wildman–Crippen LogP) is 4.85. The van der Waals surface area contributed by atoms with Crippen LogP contribution in [0.25, 0.3) is 0 Å². The zero-order valence-corrected chi connectivity index (χ0v) is 21.0. The van der Waals surface area contributed by atoms with Crippen molar-refractivity contribution in [1.82, 2.24) is 0 Å². The molecule has 2 heteroatoms. The van der Waals surface area contributed by atoms with E-state index in [0.717, 1.165) is 0 Å². The SMILES string of the molecule is C[PH+](C)c1ccccc1.c1ccc([B-](c2ccccc2)(c2ccccc2)c2ccccc2)cc1. The molecule has 0 aliphatic heterocycles. The van der Waals surface area contributed by atoms with E-state index in [1.165, 1.54) is 27.2 Å². The van der Waals surface area contributed by atoms with Crippen LogP contribution in [0.15, 0.2) is 152 Å². The van der Waals surface area contributed by atoms with E-state index in [4.69, 9.17) is 0 Å². The van der Waals surface area contributed by atoms with Crippen molar-refractivity contribution in [2.24, 2.45) is 0 Å². The molecule has 0 aliphatic carbocycles. The van der Waals surface area contributed by atoms with Crippen molar-refractivity contribution in [2.45, 2.75) is 0 Å². The molecular formula is C32H32BP. The Bertz CT molecular complexity index is 1080. The minimum absolute atomic E-state index is 0.212. The summed E-state index contributed by atoms with van der Waals surface area (Å²) in [7, 11) is -0.212. The largest absolute Gasteiger partial charge is 0.195 e. The summed E-state index contributed by atoms with van der Waals surface area (Å²) in [4.78, 5) is 0. The molecule has 0 bridgehead atoms. The van der Waals surface area contributed by atoms with Gasteiger partial charge in [0.1, 0.15) is 6.15 Å². The fraction of sp³-hybridized carbons (Fsp3) is 0.0625. The van der Waals surface area contributed by atoms with E-state index in [9.17, 15) is 0 Å². The maximum atomic E-state index is 2.31. The average molecular weight is 458 g/mol. The van der Waals surface area contributed by atoms with Crippen LogP contribution >= 0.6 is 7.92 Å². The number of rotatable bonds is 5. The topological polar surface area (TPSA) is 0 Å². The Labute approximate surface area is 206 Å². The Morgan fingerprint density at radius 1 is 0.353 bits per heavy atom. The first kappa shape index (κ1) is 23.7. The van der Waals surface area contributed by atoms with Gasteiger partial charge in [0.25, 0.3) is 0 Å². The van der Waals surface area contributed by atoms with Crippen LogP contribution in [-0.4, -0.2) is 19.5 Å². The van der Waals surface area contributed by atoms with Crippen LogP contribution in [0.3, 0.4) is 0 Å². The molecule has 0 amide bonds. The summed E-state index contributed by atoms with van der Waals surface area (Å²) in [5.41, 5.74) is 5.36. The molecular weight excluding hydrogens is 426 g/mol. The summed E-state index contributed by atoms with van der Waals surface area (Å²) >= 11 is 0. The zero-order chi connectivity index (χ0) is 23.6. The molecule has 0 fully saturated rings. The van der Waals surface area contributed by atoms with Gasteiger partial charge in [0.15, 0.2) is 0 Å².